The lowest BCUT2D eigenvalue weighted by Gasteiger charge is -2.10. The van der Waals surface area contributed by atoms with Crippen LogP contribution in [0.25, 0.3) is 0 Å². The Morgan fingerprint density at radius 1 is 1.42 bits per heavy atom. The first-order valence-electron chi connectivity index (χ1n) is 6.51. The zero-order valence-corrected chi connectivity index (χ0v) is 12.2. The fourth-order valence-electron chi connectivity index (χ4n) is 2.21. The van der Waals surface area contributed by atoms with Gasteiger partial charge in [0.1, 0.15) is 5.82 Å². The number of carbonyl (C=O) groups excluding carboxylic acids is 1. The number of rotatable bonds is 5. The smallest absolute Gasteiger partial charge is 0.252 e. The molecule has 104 valence electrons. The number of hydrogen-bond donors (Lipinski definition) is 1. The molecule has 0 atom stereocenters. The third kappa shape index (κ3) is 4.39. The molecule has 1 aliphatic rings. The number of carbonyl (C=O) groups is 1. The number of halogens is 2. The highest BCUT2D eigenvalue weighted by Crippen LogP contribution is 2.28. The summed E-state index contributed by atoms with van der Waals surface area (Å²) in [6, 6.07) is 3.81. The second kappa shape index (κ2) is 7.15. The maximum absolute atomic E-state index is 12.9. The average molecular weight is 302 g/mol. The number of benzene rings is 1. The van der Waals surface area contributed by atoms with Crippen molar-refractivity contribution in [3.05, 3.63) is 34.6 Å². The van der Waals surface area contributed by atoms with Crippen LogP contribution in [0.15, 0.2) is 18.2 Å². The van der Waals surface area contributed by atoms with Crippen LogP contribution in [0.5, 0.6) is 0 Å². The van der Waals surface area contributed by atoms with Gasteiger partial charge in [0.25, 0.3) is 5.91 Å². The van der Waals surface area contributed by atoms with E-state index in [0.29, 0.717) is 12.1 Å². The van der Waals surface area contributed by atoms with Gasteiger partial charge in [-0.3, -0.25) is 4.79 Å². The molecule has 0 aliphatic heterocycles. The summed E-state index contributed by atoms with van der Waals surface area (Å²) in [6.45, 7) is 0.619. The molecule has 0 heterocycles. The largest absolute Gasteiger partial charge is 0.351 e. The first-order valence-corrected chi connectivity index (χ1v) is 7.94. The van der Waals surface area contributed by atoms with Crippen molar-refractivity contribution in [2.45, 2.75) is 30.9 Å². The average Bonchev–Trinajstić information content (AvgIpc) is 2.87. The Bertz CT molecular complexity index is 449. The Morgan fingerprint density at radius 2 is 2.16 bits per heavy atom. The molecule has 1 saturated carbocycles. The first-order chi connectivity index (χ1) is 9.16. The van der Waals surface area contributed by atoms with Crippen LogP contribution in [0.1, 0.15) is 36.0 Å². The zero-order chi connectivity index (χ0) is 13.7. The molecule has 0 unspecified atom stereocenters. The normalized spacial score (nSPS) is 15.7. The molecule has 1 N–H and O–H groups in total. The highest BCUT2D eigenvalue weighted by molar-refractivity contribution is 7.99. The molecule has 0 bridgehead atoms. The van der Waals surface area contributed by atoms with Gasteiger partial charge in [0.2, 0.25) is 0 Å². The van der Waals surface area contributed by atoms with Crippen molar-refractivity contribution < 1.29 is 9.18 Å². The topological polar surface area (TPSA) is 29.1 Å². The van der Waals surface area contributed by atoms with Gasteiger partial charge in [-0.25, -0.2) is 4.39 Å². The summed E-state index contributed by atoms with van der Waals surface area (Å²) in [4.78, 5) is 11.8. The second-order valence-corrected chi connectivity index (χ2v) is 6.47. The molecule has 1 aromatic carbocycles. The third-order valence-electron chi connectivity index (χ3n) is 3.22. The summed E-state index contributed by atoms with van der Waals surface area (Å²) in [5.41, 5.74) is 0.328. The van der Waals surface area contributed by atoms with Crippen LogP contribution in [-0.4, -0.2) is 23.5 Å². The first kappa shape index (κ1) is 14.7. The quantitative estimate of drug-likeness (QED) is 0.836. The predicted octanol–water partition coefficient (Wildman–Crippen LogP) is 3.88. The van der Waals surface area contributed by atoms with Crippen LogP contribution in [0.3, 0.4) is 0 Å². The Balaban J connectivity index is 1.74. The summed E-state index contributed by atoms with van der Waals surface area (Å²) in [7, 11) is 0. The van der Waals surface area contributed by atoms with E-state index in [1.165, 1.54) is 37.8 Å². The summed E-state index contributed by atoms with van der Waals surface area (Å²) in [5.74, 6) is 0.241. The molecule has 2 nitrogen and oxygen atoms in total. The van der Waals surface area contributed by atoms with Crippen LogP contribution in [0, 0.1) is 5.82 Å². The van der Waals surface area contributed by atoms with E-state index in [-0.39, 0.29) is 10.9 Å². The monoisotopic (exact) mass is 301 g/mol. The van der Waals surface area contributed by atoms with Gasteiger partial charge >= 0.3 is 0 Å². The summed E-state index contributed by atoms with van der Waals surface area (Å²) < 4.78 is 12.9. The lowest BCUT2D eigenvalue weighted by Crippen LogP contribution is -2.26. The minimum atomic E-state index is -0.432. The fourth-order valence-corrected chi connectivity index (χ4v) is 3.69. The Labute approximate surface area is 122 Å². The fraction of sp³-hybridized carbons (Fsp3) is 0.500. The van der Waals surface area contributed by atoms with Crippen LogP contribution in [0.2, 0.25) is 5.02 Å². The van der Waals surface area contributed by atoms with E-state index in [0.717, 1.165) is 17.1 Å². The lowest BCUT2D eigenvalue weighted by molar-refractivity contribution is 0.0956. The molecule has 0 aromatic heterocycles. The van der Waals surface area contributed by atoms with E-state index >= 15 is 0 Å². The van der Waals surface area contributed by atoms with Gasteiger partial charge in [-0.05, 0) is 31.0 Å². The van der Waals surface area contributed by atoms with Crippen molar-refractivity contribution in [3.8, 4) is 0 Å². The van der Waals surface area contributed by atoms with Gasteiger partial charge in [0.05, 0.1) is 10.6 Å². The van der Waals surface area contributed by atoms with E-state index in [1.54, 1.807) is 0 Å². The number of thioether (sulfide) groups is 1. The number of hydrogen-bond acceptors (Lipinski definition) is 2. The van der Waals surface area contributed by atoms with Crippen LogP contribution in [0.4, 0.5) is 4.39 Å². The summed E-state index contributed by atoms with van der Waals surface area (Å²) in [5, 5.41) is 3.73. The van der Waals surface area contributed by atoms with Gasteiger partial charge in [-0.1, -0.05) is 24.4 Å². The SMILES string of the molecule is O=C(NCCSC1CCCC1)c1ccc(F)cc1Cl. The summed E-state index contributed by atoms with van der Waals surface area (Å²) >= 11 is 7.75. The minimum Gasteiger partial charge on any atom is -0.351 e. The summed E-state index contributed by atoms with van der Waals surface area (Å²) in [6.07, 6.45) is 5.25. The zero-order valence-electron chi connectivity index (χ0n) is 10.6. The maximum Gasteiger partial charge on any atom is 0.252 e. The molecule has 1 aliphatic carbocycles. The maximum atomic E-state index is 12.9. The Kier molecular flexibility index (Phi) is 5.52. The predicted molar refractivity (Wildman–Crippen MR) is 78.5 cm³/mol. The van der Waals surface area contributed by atoms with E-state index in [9.17, 15) is 9.18 Å². The highest BCUT2D eigenvalue weighted by atomic mass is 35.5. The van der Waals surface area contributed by atoms with Crippen LogP contribution in [-0.2, 0) is 0 Å². The second-order valence-electron chi connectivity index (χ2n) is 4.66. The Hall–Kier alpha value is -0.740. The molecule has 0 radical (unpaired) electrons. The van der Waals surface area contributed by atoms with Crippen molar-refractivity contribution in [1.82, 2.24) is 5.32 Å². The molecule has 1 fully saturated rings. The Morgan fingerprint density at radius 3 is 2.84 bits per heavy atom. The molecular formula is C14H17ClFNOS. The molecule has 0 spiro atoms. The molecule has 19 heavy (non-hydrogen) atoms. The van der Waals surface area contributed by atoms with Gasteiger partial charge in [-0.2, -0.15) is 11.8 Å². The van der Waals surface area contributed by atoms with Gasteiger partial charge in [0.15, 0.2) is 0 Å². The molecule has 0 saturated heterocycles. The van der Waals surface area contributed by atoms with Gasteiger partial charge in [-0.15, -0.1) is 0 Å². The van der Waals surface area contributed by atoms with Crippen molar-refractivity contribution in [3.63, 3.8) is 0 Å². The van der Waals surface area contributed by atoms with Gasteiger partial charge < -0.3 is 5.32 Å². The molecule has 5 heteroatoms. The standard InChI is InChI=1S/C14H17ClFNOS/c15-13-9-10(16)5-6-12(13)14(18)17-7-8-19-11-3-1-2-4-11/h5-6,9,11H,1-4,7-8H2,(H,17,18). The van der Waals surface area contributed by atoms with Crippen LogP contribution >= 0.6 is 23.4 Å². The van der Waals surface area contributed by atoms with Crippen LogP contribution < -0.4 is 5.32 Å². The minimum absolute atomic E-state index is 0.154. The molecular weight excluding hydrogens is 285 g/mol. The molecule has 2 rings (SSSR count). The highest BCUT2D eigenvalue weighted by Gasteiger charge is 2.15. The van der Waals surface area contributed by atoms with Crippen molar-refractivity contribution in [1.29, 1.82) is 0 Å². The van der Waals surface area contributed by atoms with Gasteiger partial charge in [0, 0.05) is 17.5 Å². The van der Waals surface area contributed by atoms with E-state index in [1.807, 2.05) is 11.8 Å². The van der Waals surface area contributed by atoms with Crippen molar-refractivity contribution in [2.24, 2.45) is 0 Å². The van der Waals surface area contributed by atoms with E-state index in [2.05, 4.69) is 5.32 Å². The third-order valence-corrected chi connectivity index (χ3v) is 4.91. The molecule has 1 amide bonds. The van der Waals surface area contributed by atoms with E-state index in [4.69, 9.17) is 11.6 Å². The van der Waals surface area contributed by atoms with Crippen molar-refractivity contribution in [2.75, 3.05) is 12.3 Å². The van der Waals surface area contributed by atoms with Crippen molar-refractivity contribution >= 4 is 29.3 Å². The molecule has 1 aromatic rings. The van der Waals surface area contributed by atoms with E-state index < -0.39 is 5.82 Å². The number of amides is 1. The lowest BCUT2D eigenvalue weighted by atomic mass is 10.2. The number of nitrogens with one attached hydrogen (secondary N) is 1.